The largest absolute Gasteiger partial charge is 0.493 e. The lowest BCUT2D eigenvalue weighted by Crippen LogP contribution is -2.21. The lowest BCUT2D eigenvalue weighted by atomic mass is 9.98. The summed E-state index contributed by atoms with van der Waals surface area (Å²) in [5, 5.41) is 18.6. The Bertz CT molecular complexity index is 1410. The van der Waals surface area contributed by atoms with Gasteiger partial charge in [0.05, 0.1) is 23.9 Å². The third kappa shape index (κ3) is 3.70. The van der Waals surface area contributed by atoms with Crippen LogP contribution in [0.2, 0.25) is 0 Å². The number of carbonyl (C=O) groups excluding carboxylic acids is 1. The molecule has 0 bridgehead atoms. The van der Waals surface area contributed by atoms with Crippen molar-refractivity contribution in [1.82, 2.24) is 14.7 Å². The topological polar surface area (TPSA) is 97.0 Å². The van der Waals surface area contributed by atoms with Gasteiger partial charge >= 0.3 is 5.97 Å². The molecule has 0 saturated carbocycles. The molecule has 1 N–H and O–H groups in total. The van der Waals surface area contributed by atoms with Gasteiger partial charge in [0.1, 0.15) is 12.1 Å². The minimum Gasteiger partial charge on any atom is -0.493 e. The Morgan fingerprint density at radius 3 is 2.58 bits per heavy atom. The molecule has 0 fully saturated rings. The molecule has 4 rings (SSSR count). The van der Waals surface area contributed by atoms with E-state index in [2.05, 4.69) is 4.99 Å². The Kier molecular flexibility index (Phi) is 5.56. The van der Waals surface area contributed by atoms with Crippen LogP contribution in [0.5, 0.6) is 5.88 Å². The Balaban J connectivity index is 2.08. The monoisotopic (exact) mass is 420 g/mol. The summed E-state index contributed by atoms with van der Waals surface area (Å²) in [5.41, 5.74) is 0.411. The smallest absolute Gasteiger partial charge is 0.327 e. The fourth-order valence-electron chi connectivity index (χ4n) is 3.76. The van der Waals surface area contributed by atoms with Crippen LogP contribution in [0.15, 0.2) is 46.2 Å². The molecule has 0 spiro atoms. The first-order chi connectivity index (χ1) is 14.9. The molecule has 1 heterocycles. The predicted molar refractivity (Wildman–Crippen MR) is 119 cm³/mol. The van der Waals surface area contributed by atoms with E-state index in [1.807, 2.05) is 31.1 Å². The summed E-state index contributed by atoms with van der Waals surface area (Å²) < 4.78 is 6.51. The number of aromatic nitrogens is 2. The third-order valence-corrected chi connectivity index (χ3v) is 5.22. The van der Waals surface area contributed by atoms with Gasteiger partial charge in [0.2, 0.25) is 5.88 Å². The van der Waals surface area contributed by atoms with E-state index in [9.17, 15) is 14.7 Å². The van der Waals surface area contributed by atoms with Crippen LogP contribution in [0, 0.1) is 0 Å². The molecular formula is C23H24N4O4. The van der Waals surface area contributed by atoms with Gasteiger partial charge < -0.3 is 14.7 Å². The van der Waals surface area contributed by atoms with Crippen LogP contribution in [0.1, 0.15) is 6.92 Å². The fourth-order valence-corrected chi connectivity index (χ4v) is 3.76. The van der Waals surface area contributed by atoms with Gasteiger partial charge in [0.25, 0.3) is 0 Å². The molecule has 8 heteroatoms. The van der Waals surface area contributed by atoms with Crippen LogP contribution in [-0.4, -0.2) is 59.5 Å². The highest BCUT2D eigenvalue weighted by Crippen LogP contribution is 2.32. The van der Waals surface area contributed by atoms with Crippen molar-refractivity contribution in [3.63, 3.8) is 0 Å². The second-order valence-electron chi connectivity index (χ2n) is 7.58. The van der Waals surface area contributed by atoms with Crippen LogP contribution in [-0.2, 0) is 16.1 Å². The van der Waals surface area contributed by atoms with E-state index >= 15 is 0 Å². The van der Waals surface area contributed by atoms with E-state index in [4.69, 9.17) is 9.84 Å². The molecule has 1 aromatic heterocycles. The fraction of sp³-hybridized carbons (Fsp3) is 0.304. The molecule has 160 valence electrons. The van der Waals surface area contributed by atoms with E-state index in [-0.39, 0.29) is 24.5 Å². The van der Waals surface area contributed by atoms with Crippen molar-refractivity contribution in [1.29, 1.82) is 0 Å². The number of rotatable bonds is 6. The summed E-state index contributed by atoms with van der Waals surface area (Å²) in [4.78, 5) is 31.5. The van der Waals surface area contributed by atoms with Crippen molar-refractivity contribution >= 4 is 38.4 Å². The van der Waals surface area contributed by atoms with Crippen molar-refractivity contribution < 1.29 is 14.6 Å². The first-order valence-corrected chi connectivity index (χ1v) is 10.1. The van der Waals surface area contributed by atoms with Crippen molar-refractivity contribution in [3.05, 3.63) is 52.0 Å². The predicted octanol–water partition coefficient (Wildman–Crippen LogP) is 1.87. The maximum Gasteiger partial charge on any atom is 0.327 e. The van der Waals surface area contributed by atoms with Gasteiger partial charge in [-0.3, -0.25) is 14.6 Å². The number of aromatic hydroxyl groups is 1. The highest BCUT2D eigenvalue weighted by atomic mass is 16.5. The summed E-state index contributed by atoms with van der Waals surface area (Å²) in [5.74, 6) is -0.472. The molecular weight excluding hydrogens is 396 g/mol. The van der Waals surface area contributed by atoms with Gasteiger partial charge in [-0.05, 0) is 33.2 Å². The Morgan fingerprint density at radius 1 is 1.13 bits per heavy atom. The van der Waals surface area contributed by atoms with Gasteiger partial charge in [-0.2, -0.15) is 5.10 Å². The van der Waals surface area contributed by atoms with E-state index in [0.29, 0.717) is 50.9 Å². The molecule has 3 aromatic carbocycles. The first kappa shape index (κ1) is 20.7. The van der Waals surface area contributed by atoms with Gasteiger partial charge in [-0.1, -0.05) is 24.3 Å². The molecule has 0 amide bonds. The number of ether oxygens (including phenoxy) is 1. The van der Waals surface area contributed by atoms with Crippen LogP contribution < -0.4 is 10.8 Å². The first-order valence-electron chi connectivity index (χ1n) is 10.1. The second kappa shape index (κ2) is 8.31. The molecule has 0 unspecified atom stereocenters. The van der Waals surface area contributed by atoms with Gasteiger partial charge in [-0.15, -0.1) is 0 Å². The summed E-state index contributed by atoms with van der Waals surface area (Å²) in [6.45, 7) is 2.98. The van der Waals surface area contributed by atoms with E-state index in [1.54, 1.807) is 35.9 Å². The van der Waals surface area contributed by atoms with Gasteiger partial charge in [0.15, 0.2) is 5.43 Å². The average Bonchev–Trinajstić information content (AvgIpc) is 2.76. The SMILES string of the molecule is CCOC(=O)CN=c1ccc2c(O)n(CCN(C)C)nc3c4ccccc4c(=O)c1c23. The van der Waals surface area contributed by atoms with Crippen LogP contribution in [0.3, 0.4) is 0 Å². The molecule has 0 aliphatic heterocycles. The second-order valence-corrected chi connectivity index (χ2v) is 7.58. The maximum atomic E-state index is 13.4. The van der Waals surface area contributed by atoms with Crippen molar-refractivity contribution in [2.75, 3.05) is 33.8 Å². The lowest BCUT2D eigenvalue weighted by molar-refractivity contribution is -0.141. The highest BCUT2D eigenvalue weighted by Gasteiger charge is 2.19. The van der Waals surface area contributed by atoms with Crippen molar-refractivity contribution in [2.45, 2.75) is 13.5 Å². The minimum atomic E-state index is -0.464. The maximum absolute atomic E-state index is 13.4. The zero-order chi connectivity index (χ0) is 22.1. The lowest BCUT2D eigenvalue weighted by Gasteiger charge is -2.16. The Morgan fingerprint density at radius 2 is 1.87 bits per heavy atom. The van der Waals surface area contributed by atoms with Crippen molar-refractivity contribution in [3.8, 4) is 5.88 Å². The summed E-state index contributed by atoms with van der Waals surface area (Å²) in [6, 6.07) is 10.6. The number of likely N-dealkylation sites (N-methyl/N-ethyl adjacent to an activating group) is 1. The van der Waals surface area contributed by atoms with Crippen molar-refractivity contribution in [2.24, 2.45) is 4.99 Å². The van der Waals surface area contributed by atoms with Gasteiger partial charge in [0, 0.05) is 28.1 Å². The number of esters is 1. The number of hydrogen-bond donors (Lipinski definition) is 1. The van der Waals surface area contributed by atoms with E-state index < -0.39 is 5.97 Å². The third-order valence-electron chi connectivity index (χ3n) is 5.22. The number of nitrogens with zero attached hydrogens (tertiary/aromatic N) is 4. The quantitative estimate of drug-likeness (QED) is 0.291. The number of carbonyl (C=O) groups is 1. The Labute approximate surface area is 178 Å². The summed E-state index contributed by atoms with van der Waals surface area (Å²) in [7, 11) is 3.90. The van der Waals surface area contributed by atoms with Gasteiger partial charge in [-0.25, -0.2) is 4.68 Å². The normalized spacial score (nSPS) is 12.5. The molecule has 31 heavy (non-hydrogen) atoms. The number of benzene rings is 3. The molecule has 0 aliphatic rings. The molecule has 0 saturated heterocycles. The van der Waals surface area contributed by atoms with Crippen LogP contribution in [0.25, 0.3) is 32.4 Å². The zero-order valence-electron chi connectivity index (χ0n) is 17.8. The van der Waals surface area contributed by atoms with E-state index in [0.717, 1.165) is 0 Å². The standard InChI is InChI=1S/C23H24N4O4/c1-4-31-18(28)13-24-17-10-9-16-19-20(17)22(29)15-8-6-5-7-14(15)21(19)25-27(23(16)30)12-11-26(2)3/h5-10,30H,4,11-13H2,1-3H3. The molecule has 0 radical (unpaired) electrons. The molecule has 8 nitrogen and oxygen atoms in total. The van der Waals surface area contributed by atoms with Crippen LogP contribution in [0.4, 0.5) is 0 Å². The molecule has 0 aliphatic carbocycles. The molecule has 4 aromatic rings. The number of hydrogen-bond acceptors (Lipinski definition) is 7. The highest BCUT2D eigenvalue weighted by molar-refractivity contribution is 6.20. The number of fused-ring (bicyclic) bond motifs is 2. The summed E-state index contributed by atoms with van der Waals surface area (Å²) >= 11 is 0. The Hall–Kier alpha value is -3.52. The molecule has 0 atom stereocenters. The average molecular weight is 420 g/mol. The minimum absolute atomic E-state index is 0.00836. The summed E-state index contributed by atoms with van der Waals surface area (Å²) in [6.07, 6.45) is 0. The van der Waals surface area contributed by atoms with Crippen LogP contribution >= 0.6 is 0 Å². The van der Waals surface area contributed by atoms with E-state index in [1.165, 1.54) is 0 Å². The zero-order valence-corrected chi connectivity index (χ0v) is 17.8.